The Morgan fingerprint density at radius 1 is 0.574 bits per heavy atom. The van der Waals surface area contributed by atoms with Crippen LogP contribution in [-0.4, -0.2) is 96.1 Å². The number of hydrogen-bond acceptors (Lipinski definition) is 13. The van der Waals surface area contributed by atoms with E-state index in [4.69, 9.17) is 96.8 Å². The highest BCUT2D eigenvalue weighted by Gasteiger charge is 2.38. The number of nitrogen functional groups attached to an aromatic ring is 3. The van der Waals surface area contributed by atoms with Crippen molar-refractivity contribution in [1.29, 1.82) is 0 Å². The monoisotopic (exact) mass is 976 g/mol. The highest BCUT2D eigenvalue weighted by molar-refractivity contribution is 6.40. The second-order valence-corrected chi connectivity index (χ2v) is 19.3. The van der Waals surface area contributed by atoms with Crippen LogP contribution in [0.4, 0.5) is 17.1 Å². The molecule has 4 unspecified atom stereocenters. The number of carboxylic acid groups (broad SMARTS) is 2. The molecule has 0 heterocycles. The van der Waals surface area contributed by atoms with E-state index in [1.807, 2.05) is 41.5 Å². The molecule has 0 aromatic heterocycles. The van der Waals surface area contributed by atoms with Gasteiger partial charge in [-0.15, -0.1) is 0 Å². The Morgan fingerprint density at radius 2 is 0.852 bits per heavy atom. The number of hydrogen-bond donors (Lipinski definition) is 11. The van der Waals surface area contributed by atoms with Crippen molar-refractivity contribution in [3.8, 4) is 0 Å². The summed E-state index contributed by atoms with van der Waals surface area (Å²) >= 11 is 35.6. The summed E-state index contributed by atoms with van der Waals surface area (Å²) in [7, 11) is 0. The van der Waals surface area contributed by atoms with Crippen molar-refractivity contribution in [3.63, 3.8) is 0 Å². The van der Waals surface area contributed by atoms with E-state index >= 15 is 0 Å². The average molecular weight is 980 g/mol. The normalized spacial score (nSPS) is 14.5. The molecule has 0 bridgehead atoms. The van der Waals surface area contributed by atoms with E-state index in [-0.39, 0.29) is 33.4 Å². The topological polar surface area (TPSA) is 270 Å². The van der Waals surface area contributed by atoms with Crippen LogP contribution in [-0.2, 0) is 14.4 Å². The standard InChI is InChI=1S/C16H22Cl2N2O7.2C12H18Cl2N2O/c1-16(2,3)20(27-13(15(25)26)12(22)14(23)24)6-10(21)7-4-8(17)11(19)9(18)5-7;2*1-12(2,3)16-6-10(17)7-4-8(13)11(15)9(14)5-7/h4-5,10,12-13,21-22H,6,19H2,1-3H3,(H,23,24)(H,25,26);2*4-5,10,16-17H,6,15H2,1-3H3/t;10-;/m.0./s1. The Morgan fingerprint density at radius 3 is 1.08 bits per heavy atom. The van der Waals surface area contributed by atoms with Crippen LogP contribution in [0.2, 0.25) is 30.1 Å². The average Bonchev–Trinajstić information content (AvgIpc) is 3.12. The summed E-state index contributed by atoms with van der Waals surface area (Å²) in [6.45, 7) is 17.7. The number of aliphatic carboxylic acids is 2. The quantitative estimate of drug-likeness (QED) is 0.0550. The molecule has 3 aromatic rings. The number of nitrogens with two attached hydrogens (primary N) is 3. The number of aliphatic hydroxyl groups is 4. The molecule has 5 atom stereocenters. The molecule has 0 saturated carbocycles. The fourth-order valence-electron chi connectivity index (χ4n) is 4.67. The second kappa shape index (κ2) is 23.9. The summed E-state index contributed by atoms with van der Waals surface area (Å²) in [5, 5.41) is 67.3. The van der Waals surface area contributed by atoms with E-state index in [0.717, 1.165) is 5.06 Å². The van der Waals surface area contributed by atoms with Crippen molar-refractivity contribution in [3.05, 3.63) is 83.2 Å². The third-order valence-corrected chi connectivity index (χ3v) is 10.1. The van der Waals surface area contributed by atoms with Crippen LogP contribution in [0.25, 0.3) is 0 Å². The highest BCUT2D eigenvalue weighted by Crippen LogP contribution is 2.34. The summed E-state index contributed by atoms with van der Waals surface area (Å²) in [4.78, 5) is 27.5. The van der Waals surface area contributed by atoms with Gasteiger partial charge in [-0.05, 0) is 115 Å². The minimum Gasteiger partial charge on any atom is -0.479 e. The van der Waals surface area contributed by atoms with Gasteiger partial charge < -0.3 is 58.5 Å². The van der Waals surface area contributed by atoms with Gasteiger partial charge in [0.05, 0.1) is 72.1 Å². The van der Waals surface area contributed by atoms with Crippen LogP contribution in [0.5, 0.6) is 0 Å². The number of carbonyl (C=O) groups is 2. The molecule has 21 heteroatoms. The van der Waals surface area contributed by atoms with Gasteiger partial charge in [0.2, 0.25) is 6.10 Å². The van der Waals surface area contributed by atoms with Gasteiger partial charge in [0, 0.05) is 29.7 Å². The van der Waals surface area contributed by atoms with Crippen molar-refractivity contribution in [2.24, 2.45) is 0 Å². The molecular formula is C40H58Cl6N6O9. The Kier molecular flexibility index (Phi) is 22.1. The first-order valence-corrected chi connectivity index (χ1v) is 20.8. The molecule has 3 rings (SSSR count). The van der Waals surface area contributed by atoms with E-state index in [9.17, 15) is 35.1 Å². The van der Waals surface area contributed by atoms with E-state index in [1.54, 1.807) is 45.0 Å². The summed E-state index contributed by atoms with van der Waals surface area (Å²) in [6.07, 6.45) is -6.93. The number of benzene rings is 3. The molecule has 0 spiro atoms. The van der Waals surface area contributed by atoms with Crippen LogP contribution in [0, 0.1) is 0 Å². The number of rotatable bonds is 14. The smallest absolute Gasteiger partial charge is 0.338 e. The van der Waals surface area contributed by atoms with Gasteiger partial charge in [-0.1, -0.05) is 69.6 Å². The zero-order chi connectivity index (χ0) is 47.5. The lowest BCUT2D eigenvalue weighted by molar-refractivity contribution is -0.267. The van der Waals surface area contributed by atoms with Gasteiger partial charge in [-0.3, -0.25) is 4.84 Å². The Hall–Kier alpha value is -2.58. The molecular weight excluding hydrogens is 921 g/mol. The van der Waals surface area contributed by atoms with Gasteiger partial charge in [0.1, 0.15) is 0 Å². The Bertz CT molecular complexity index is 1800. The van der Waals surface area contributed by atoms with Gasteiger partial charge in [-0.25, -0.2) is 9.59 Å². The first-order chi connectivity index (χ1) is 27.7. The fraction of sp³-hybridized carbons (Fsp3) is 0.500. The van der Waals surface area contributed by atoms with Gasteiger partial charge in [0.15, 0.2) is 6.10 Å². The molecule has 3 aromatic carbocycles. The van der Waals surface area contributed by atoms with E-state index in [0.29, 0.717) is 61.2 Å². The van der Waals surface area contributed by atoms with Gasteiger partial charge >= 0.3 is 11.9 Å². The SMILES string of the molecule is CC(C)(C)N(CC(O)c1cc(Cl)c(N)c(Cl)c1)OC(C(=O)O)C(O)C(=O)O.CC(C)(C)NCC(O)c1cc(Cl)c(N)c(Cl)c1.CC(C)(C)NC[C@H](O)c1cc(Cl)c(N)c(Cl)c1. The third-order valence-electron chi connectivity index (χ3n) is 8.22. The zero-order valence-corrected chi connectivity index (χ0v) is 39.9. The summed E-state index contributed by atoms with van der Waals surface area (Å²) in [6, 6.07) is 9.34. The van der Waals surface area contributed by atoms with Crippen LogP contribution in [0.1, 0.15) is 97.3 Å². The number of carboxylic acids is 2. The van der Waals surface area contributed by atoms with Crippen LogP contribution >= 0.6 is 69.6 Å². The number of halogens is 6. The van der Waals surface area contributed by atoms with Crippen LogP contribution < -0.4 is 27.8 Å². The van der Waals surface area contributed by atoms with Crippen LogP contribution in [0.15, 0.2) is 36.4 Å². The minimum atomic E-state index is -2.30. The largest absolute Gasteiger partial charge is 0.479 e. The molecule has 14 N–H and O–H groups in total. The van der Waals surface area contributed by atoms with Gasteiger partial charge in [0.25, 0.3) is 0 Å². The number of aliphatic hydroxyl groups excluding tert-OH is 4. The van der Waals surface area contributed by atoms with Crippen molar-refractivity contribution in [2.45, 2.75) is 109 Å². The van der Waals surface area contributed by atoms with Crippen molar-refractivity contribution >= 4 is 98.6 Å². The molecule has 15 nitrogen and oxygen atoms in total. The number of nitrogens with zero attached hydrogens (tertiary/aromatic N) is 1. The first kappa shape index (κ1) is 56.4. The molecule has 0 amide bonds. The van der Waals surface area contributed by atoms with E-state index in [1.165, 1.54) is 12.1 Å². The molecule has 0 aliphatic rings. The van der Waals surface area contributed by atoms with Gasteiger partial charge in [-0.2, -0.15) is 5.06 Å². The Balaban J connectivity index is 0.000000478. The maximum absolute atomic E-state index is 11.3. The zero-order valence-electron chi connectivity index (χ0n) is 35.3. The Labute approximate surface area is 386 Å². The molecule has 61 heavy (non-hydrogen) atoms. The predicted molar refractivity (Wildman–Crippen MR) is 246 cm³/mol. The molecule has 0 fully saturated rings. The number of anilines is 3. The first-order valence-electron chi connectivity index (χ1n) is 18.5. The second-order valence-electron chi connectivity index (χ2n) is 16.9. The predicted octanol–water partition coefficient (Wildman–Crippen LogP) is 7.53. The maximum Gasteiger partial charge on any atom is 0.338 e. The summed E-state index contributed by atoms with van der Waals surface area (Å²) < 4.78 is 0. The molecule has 0 aliphatic heterocycles. The minimum absolute atomic E-state index is 0.0532. The van der Waals surface area contributed by atoms with Crippen molar-refractivity contribution in [1.82, 2.24) is 15.7 Å². The molecule has 0 saturated heterocycles. The molecule has 0 radical (unpaired) electrons. The lowest BCUT2D eigenvalue weighted by Gasteiger charge is -2.37. The summed E-state index contributed by atoms with van der Waals surface area (Å²) in [5.74, 6) is -3.43. The lowest BCUT2D eigenvalue weighted by Crippen LogP contribution is -2.52. The maximum atomic E-state index is 11.3. The fourth-order valence-corrected chi connectivity index (χ4v) is 6.18. The third kappa shape index (κ3) is 19.4. The number of β-amino-alcohol motifs (C(OH)–C–C–N with tert-alkyl or cyclic N) is 3. The highest BCUT2D eigenvalue weighted by atomic mass is 35.5. The molecule has 344 valence electrons. The lowest BCUT2D eigenvalue weighted by atomic mass is 10.0. The van der Waals surface area contributed by atoms with Crippen molar-refractivity contribution in [2.75, 3.05) is 36.8 Å². The van der Waals surface area contributed by atoms with Crippen LogP contribution in [0.3, 0.4) is 0 Å². The number of hydroxylamine groups is 2. The number of nitrogens with one attached hydrogen (secondary N) is 2. The van der Waals surface area contributed by atoms with E-state index in [2.05, 4.69) is 10.6 Å². The van der Waals surface area contributed by atoms with E-state index < -0.39 is 48.0 Å². The van der Waals surface area contributed by atoms with Crippen molar-refractivity contribution < 1.29 is 45.1 Å². The molecule has 0 aliphatic carbocycles. The summed E-state index contributed by atoms with van der Waals surface area (Å²) in [5.41, 5.74) is 18.4.